The van der Waals surface area contributed by atoms with Crippen LogP contribution in [-0.4, -0.2) is 33.0 Å². The van der Waals surface area contributed by atoms with Crippen molar-refractivity contribution >= 4 is 23.2 Å². The van der Waals surface area contributed by atoms with Crippen molar-refractivity contribution in [3.8, 4) is 0 Å². The molecule has 0 fully saturated rings. The molecule has 94 valence electrons. The highest BCUT2D eigenvalue weighted by molar-refractivity contribution is 6.31. The van der Waals surface area contributed by atoms with Crippen LogP contribution in [0.5, 0.6) is 0 Å². The molecular formula is C11H15ClN2O3. The molecule has 0 aliphatic carbocycles. The van der Waals surface area contributed by atoms with E-state index in [1.807, 2.05) is 0 Å². The fourth-order valence-corrected chi connectivity index (χ4v) is 1.46. The molecule has 0 aliphatic heterocycles. The van der Waals surface area contributed by atoms with Gasteiger partial charge in [0.15, 0.2) is 6.29 Å². The number of anilines is 1. The molecule has 0 heterocycles. The first kappa shape index (κ1) is 13.8. The molecule has 0 saturated carbocycles. The molecule has 0 saturated heterocycles. The van der Waals surface area contributed by atoms with Crippen molar-refractivity contribution in [2.75, 3.05) is 26.5 Å². The fraction of sp³-hybridized carbons (Fsp3) is 0.364. The Bertz CT molecular complexity index is 394. The predicted molar refractivity (Wildman–Crippen MR) is 66.0 cm³/mol. The van der Waals surface area contributed by atoms with Crippen molar-refractivity contribution in [2.45, 2.75) is 6.29 Å². The van der Waals surface area contributed by atoms with E-state index in [2.05, 4.69) is 5.32 Å². The topological polar surface area (TPSA) is 73.6 Å². The lowest BCUT2D eigenvalue weighted by Crippen LogP contribution is -2.34. The third-order valence-corrected chi connectivity index (χ3v) is 2.45. The van der Waals surface area contributed by atoms with Gasteiger partial charge in [-0.05, 0) is 18.2 Å². The lowest BCUT2D eigenvalue weighted by molar-refractivity contribution is -0.0974. The second-order valence-corrected chi connectivity index (χ2v) is 3.78. The standard InChI is InChI=1S/C11H15ClN2O3/c1-16-10(17-2)6-14-11(15)8-4-3-7(12)5-9(8)13/h3-5,10H,6,13H2,1-2H3,(H,14,15). The summed E-state index contributed by atoms with van der Waals surface area (Å²) in [6.45, 7) is 0.244. The van der Waals surface area contributed by atoms with Crippen LogP contribution >= 0.6 is 11.6 Å². The molecule has 17 heavy (non-hydrogen) atoms. The van der Waals surface area contributed by atoms with E-state index in [9.17, 15) is 4.79 Å². The molecular weight excluding hydrogens is 244 g/mol. The minimum atomic E-state index is -0.479. The smallest absolute Gasteiger partial charge is 0.253 e. The molecule has 6 heteroatoms. The highest BCUT2D eigenvalue weighted by Gasteiger charge is 2.12. The van der Waals surface area contributed by atoms with Crippen molar-refractivity contribution in [1.29, 1.82) is 0 Å². The zero-order chi connectivity index (χ0) is 12.8. The second kappa shape index (κ2) is 6.44. The lowest BCUT2D eigenvalue weighted by atomic mass is 10.1. The van der Waals surface area contributed by atoms with Crippen molar-refractivity contribution in [1.82, 2.24) is 5.32 Å². The molecule has 0 aromatic heterocycles. The summed E-state index contributed by atoms with van der Waals surface area (Å²) in [5, 5.41) is 3.14. The maximum Gasteiger partial charge on any atom is 0.253 e. The number of carbonyl (C=O) groups excluding carboxylic acids is 1. The number of amides is 1. The van der Waals surface area contributed by atoms with Gasteiger partial charge < -0.3 is 20.5 Å². The molecule has 1 aromatic carbocycles. The number of hydrogen-bond acceptors (Lipinski definition) is 4. The Hall–Kier alpha value is -1.30. The Kier molecular flexibility index (Phi) is 5.21. The molecule has 1 amide bonds. The van der Waals surface area contributed by atoms with Gasteiger partial charge in [0.05, 0.1) is 12.1 Å². The molecule has 0 bridgehead atoms. The summed E-state index contributed by atoms with van der Waals surface area (Å²) in [5.74, 6) is -0.293. The van der Waals surface area contributed by atoms with E-state index >= 15 is 0 Å². The zero-order valence-electron chi connectivity index (χ0n) is 9.70. The summed E-state index contributed by atoms with van der Waals surface area (Å²) >= 11 is 5.74. The van der Waals surface area contributed by atoms with Crippen LogP contribution < -0.4 is 11.1 Å². The lowest BCUT2D eigenvalue weighted by Gasteiger charge is -2.14. The van der Waals surface area contributed by atoms with Gasteiger partial charge in [-0.3, -0.25) is 4.79 Å². The van der Waals surface area contributed by atoms with E-state index in [0.717, 1.165) is 0 Å². The van der Waals surface area contributed by atoms with Crippen LogP contribution in [0.15, 0.2) is 18.2 Å². The van der Waals surface area contributed by atoms with Crippen LogP contribution in [0, 0.1) is 0 Å². The van der Waals surface area contributed by atoms with Crippen molar-refractivity contribution in [3.05, 3.63) is 28.8 Å². The number of benzene rings is 1. The highest BCUT2D eigenvalue weighted by atomic mass is 35.5. The summed E-state index contributed by atoms with van der Waals surface area (Å²) < 4.78 is 9.89. The van der Waals surface area contributed by atoms with E-state index in [4.69, 9.17) is 26.8 Å². The van der Waals surface area contributed by atoms with Crippen LogP contribution in [0.4, 0.5) is 5.69 Å². The van der Waals surface area contributed by atoms with Gasteiger partial charge in [-0.15, -0.1) is 0 Å². The number of halogens is 1. The third kappa shape index (κ3) is 3.89. The van der Waals surface area contributed by atoms with Gasteiger partial charge in [-0.1, -0.05) is 11.6 Å². The normalized spacial score (nSPS) is 10.6. The van der Waals surface area contributed by atoms with Gasteiger partial charge in [-0.25, -0.2) is 0 Å². The summed E-state index contributed by atoms with van der Waals surface area (Å²) in [4.78, 5) is 11.8. The molecule has 3 N–H and O–H groups in total. The van der Waals surface area contributed by atoms with Crippen LogP contribution in [0.1, 0.15) is 10.4 Å². The number of nitrogen functional groups attached to an aromatic ring is 1. The van der Waals surface area contributed by atoms with E-state index < -0.39 is 6.29 Å². The molecule has 0 spiro atoms. The fourth-order valence-electron chi connectivity index (χ4n) is 1.27. The number of rotatable bonds is 5. The first-order valence-electron chi connectivity index (χ1n) is 4.97. The first-order chi connectivity index (χ1) is 8.08. The molecule has 0 radical (unpaired) electrons. The van der Waals surface area contributed by atoms with Crippen LogP contribution in [0.2, 0.25) is 5.02 Å². The molecule has 0 atom stereocenters. The quantitative estimate of drug-likeness (QED) is 0.616. The number of nitrogens with two attached hydrogens (primary N) is 1. The monoisotopic (exact) mass is 258 g/mol. The highest BCUT2D eigenvalue weighted by Crippen LogP contribution is 2.17. The van der Waals surface area contributed by atoms with Gasteiger partial charge in [0.25, 0.3) is 5.91 Å². The number of ether oxygens (including phenoxy) is 2. The van der Waals surface area contributed by atoms with E-state index in [1.54, 1.807) is 12.1 Å². The largest absolute Gasteiger partial charge is 0.398 e. The SMILES string of the molecule is COC(CNC(=O)c1ccc(Cl)cc1N)OC. The Morgan fingerprint density at radius 1 is 1.47 bits per heavy atom. The number of hydrogen-bond donors (Lipinski definition) is 2. The zero-order valence-corrected chi connectivity index (χ0v) is 10.5. The van der Waals surface area contributed by atoms with Gasteiger partial charge in [-0.2, -0.15) is 0 Å². The Balaban J connectivity index is 2.64. The third-order valence-electron chi connectivity index (χ3n) is 2.21. The van der Waals surface area contributed by atoms with Gasteiger partial charge in [0, 0.05) is 24.9 Å². The summed E-state index contributed by atoms with van der Waals surface area (Å²) in [6.07, 6.45) is -0.479. The van der Waals surface area contributed by atoms with E-state index in [0.29, 0.717) is 16.3 Å². The minimum Gasteiger partial charge on any atom is -0.398 e. The number of nitrogens with one attached hydrogen (secondary N) is 1. The summed E-state index contributed by atoms with van der Waals surface area (Å²) in [5.41, 5.74) is 6.40. The Morgan fingerprint density at radius 2 is 2.12 bits per heavy atom. The van der Waals surface area contributed by atoms with Crippen LogP contribution in [0.3, 0.4) is 0 Å². The Labute approximate surface area is 105 Å². The average Bonchev–Trinajstić information content (AvgIpc) is 2.30. The van der Waals surface area contributed by atoms with Crippen LogP contribution in [-0.2, 0) is 9.47 Å². The molecule has 0 aliphatic rings. The van der Waals surface area contributed by atoms with Gasteiger partial charge >= 0.3 is 0 Å². The van der Waals surface area contributed by atoms with Crippen molar-refractivity contribution in [2.24, 2.45) is 0 Å². The first-order valence-corrected chi connectivity index (χ1v) is 5.35. The molecule has 0 unspecified atom stereocenters. The molecule has 1 aromatic rings. The number of methoxy groups -OCH3 is 2. The van der Waals surface area contributed by atoms with Crippen molar-refractivity contribution < 1.29 is 14.3 Å². The summed E-state index contributed by atoms with van der Waals surface area (Å²) in [7, 11) is 2.99. The maximum atomic E-state index is 11.8. The summed E-state index contributed by atoms with van der Waals surface area (Å²) in [6, 6.07) is 4.71. The van der Waals surface area contributed by atoms with Gasteiger partial charge in [0.2, 0.25) is 0 Å². The Morgan fingerprint density at radius 3 is 2.65 bits per heavy atom. The average molecular weight is 259 g/mol. The second-order valence-electron chi connectivity index (χ2n) is 3.34. The predicted octanol–water partition coefficient (Wildman–Crippen LogP) is 1.27. The van der Waals surface area contributed by atoms with E-state index in [-0.39, 0.29) is 12.5 Å². The van der Waals surface area contributed by atoms with Crippen LogP contribution in [0.25, 0.3) is 0 Å². The van der Waals surface area contributed by atoms with E-state index in [1.165, 1.54) is 20.3 Å². The minimum absolute atomic E-state index is 0.244. The molecule has 5 nitrogen and oxygen atoms in total. The molecule has 1 rings (SSSR count). The number of carbonyl (C=O) groups is 1. The van der Waals surface area contributed by atoms with Gasteiger partial charge in [0.1, 0.15) is 0 Å². The van der Waals surface area contributed by atoms with Crippen molar-refractivity contribution in [3.63, 3.8) is 0 Å². The maximum absolute atomic E-state index is 11.8.